The fourth-order valence-electron chi connectivity index (χ4n) is 2.40. The monoisotopic (exact) mass is 391 g/mol. The molecule has 1 aromatic heterocycles. The fraction of sp³-hybridized carbons (Fsp3) is 0.389. The molecule has 0 atom stereocenters. The quantitative estimate of drug-likeness (QED) is 0.529. The van der Waals surface area contributed by atoms with E-state index in [9.17, 15) is 13.2 Å². The molecule has 146 valence electrons. The van der Waals surface area contributed by atoms with Crippen molar-refractivity contribution in [1.29, 1.82) is 0 Å². The average molecular weight is 391 g/mol. The second-order valence-electron chi connectivity index (χ2n) is 6.09. The van der Waals surface area contributed by atoms with Crippen LogP contribution in [0.3, 0.4) is 0 Å². The molecule has 0 unspecified atom stereocenters. The van der Waals surface area contributed by atoms with E-state index in [2.05, 4.69) is 27.5 Å². The zero-order valence-electron chi connectivity index (χ0n) is 15.3. The molecular formula is C18H25N5O3S. The summed E-state index contributed by atoms with van der Waals surface area (Å²) < 4.78 is 22.5. The van der Waals surface area contributed by atoms with Crippen LogP contribution in [-0.2, 0) is 16.4 Å². The number of carbonyl (C=O) groups is 1. The Morgan fingerprint density at radius 2 is 1.85 bits per heavy atom. The lowest BCUT2D eigenvalue weighted by Crippen LogP contribution is -2.25. The first-order chi connectivity index (χ1) is 12.9. The van der Waals surface area contributed by atoms with Gasteiger partial charge in [-0.1, -0.05) is 31.9 Å². The first-order valence-electron chi connectivity index (χ1n) is 8.87. The number of amides is 1. The molecule has 8 nitrogen and oxygen atoms in total. The number of aromatic nitrogens is 2. The highest BCUT2D eigenvalue weighted by Gasteiger charge is 2.09. The van der Waals surface area contributed by atoms with Crippen molar-refractivity contribution in [3.05, 3.63) is 47.8 Å². The molecule has 0 fully saturated rings. The Labute approximate surface area is 159 Å². The average Bonchev–Trinajstić information content (AvgIpc) is 2.65. The van der Waals surface area contributed by atoms with Gasteiger partial charge in [-0.05, 0) is 36.6 Å². The van der Waals surface area contributed by atoms with E-state index in [1.54, 1.807) is 18.2 Å². The highest BCUT2D eigenvalue weighted by molar-refractivity contribution is 7.89. The lowest BCUT2D eigenvalue weighted by atomic mass is 10.1. The summed E-state index contributed by atoms with van der Waals surface area (Å²) in [6, 6.07) is 7.95. The predicted octanol–water partition coefficient (Wildman–Crippen LogP) is 1.70. The third-order valence-corrected chi connectivity index (χ3v) is 4.83. The van der Waals surface area contributed by atoms with Crippen molar-refractivity contribution in [3.63, 3.8) is 0 Å². The van der Waals surface area contributed by atoms with Crippen molar-refractivity contribution in [2.45, 2.75) is 37.5 Å². The summed E-state index contributed by atoms with van der Waals surface area (Å²) in [4.78, 5) is 20.5. The van der Waals surface area contributed by atoms with Gasteiger partial charge in [-0.2, -0.15) is 0 Å². The highest BCUT2D eigenvalue weighted by Crippen LogP contribution is 2.09. The number of nitrogens with zero attached hydrogens (tertiary/aromatic N) is 2. The standard InChI is InChI=1S/C18H25N5O3S/c1-2-3-4-11-20-17(24)16-10-13-22-18(23-16)21-12-9-14-5-7-15(8-6-14)27(19,25)26/h5-8,10,13H,2-4,9,11-12H2,1H3,(H,20,24)(H2,19,25,26)(H,21,22,23). The van der Waals surface area contributed by atoms with E-state index in [0.717, 1.165) is 24.8 Å². The van der Waals surface area contributed by atoms with Crippen LogP contribution in [0.15, 0.2) is 41.4 Å². The van der Waals surface area contributed by atoms with Crippen LogP contribution in [0.25, 0.3) is 0 Å². The molecule has 9 heteroatoms. The van der Waals surface area contributed by atoms with Gasteiger partial charge in [0.05, 0.1) is 4.90 Å². The van der Waals surface area contributed by atoms with Gasteiger partial charge in [-0.3, -0.25) is 4.79 Å². The Bertz CT molecular complexity index is 854. The number of rotatable bonds is 10. The molecule has 0 spiro atoms. The summed E-state index contributed by atoms with van der Waals surface area (Å²) >= 11 is 0. The molecule has 0 aliphatic rings. The third-order valence-electron chi connectivity index (χ3n) is 3.90. The van der Waals surface area contributed by atoms with Gasteiger partial charge in [0.25, 0.3) is 5.91 Å². The van der Waals surface area contributed by atoms with Crippen LogP contribution >= 0.6 is 0 Å². The van der Waals surface area contributed by atoms with E-state index < -0.39 is 10.0 Å². The number of unbranched alkanes of at least 4 members (excludes halogenated alkanes) is 2. The van der Waals surface area contributed by atoms with Crippen LogP contribution in [0.2, 0.25) is 0 Å². The van der Waals surface area contributed by atoms with E-state index >= 15 is 0 Å². The molecule has 1 amide bonds. The maximum Gasteiger partial charge on any atom is 0.270 e. The summed E-state index contributed by atoms with van der Waals surface area (Å²) in [6.45, 7) is 3.28. The first-order valence-corrected chi connectivity index (χ1v) is 10.4. The molecule has 0 bridgehead atoms. The number of primary sulfonamides is 1. The second kappa shape index (κ2) is 9.98. The van der Waals surface area contributed by atoms with Gasteiger partial charge >= 0.3 is 0 Å². The molecule has 0 aliphatic carbocycles. The molecule has 2 aromatic rings. The molecule has 0 saturated carbocycles. The molecule has 1 heterocycles. The van der Waals surface area contributed by atoms with Crippen LogP contribution < -0.4 is 15.8 Å². The number of benzene rings is 1. The Kier molecular flexibility index (Phi) is 7.68. The number of anilines is 1. The second-order valence-corrected chi connectivity index (χ2v) is 7.66. The van der Waals surface area contributed by atoms with Crippen molar-refractivity contribution >= 4 is 21.9 Å². The summed E-state index contributed by atoms with van der Waals surface area (Å²) in [5.74, 6) is 0.160. The number of nitrogens with one attached hydrogen (secondary N) is 2. The van der Waals surface area contributed by atoms with Gasteiger partial charge in [0.2, 0.25) is 16.0 Å². The van der Waals surface area contributed by atoms with Crippen molar-refractivity contribution in [2.75, 3.05) is 18.4 Å². The van der Waals surface area contributed by atoms with Gasteiger partial charge in [0.15, 0.2) is 0 Å². The van der Waals surface area contributed by atoms with Crippen molar-refractivity contribution < 1.29 is 13.2 Å². The Hall–Kier alpha value is -2.52. The van der Waals surface area contributed by atoms with Crippen LogP contribution in [0.4, 0.5) is 5.95 Å². The molecule has 1 aromatic carbocycles. The summed E-state index contributed by atoms with van der Waals surface area (Å²) in [5.41, 5.74) is 1.27. The predicted molar refractivity (Wildman–Crippen MR) is 104 cm³/mol. The lowest BCUT2D eigenvalue weighted by molar-refractivity contribution is 0.0948. The summed E-state index contributed by atoms with van der Waals surface area (Å²) in [5, 5.41) is 11.0. The largest absolute Gasteiger partial charge is 0.354 e. The zero-order valence-corrected chi connectivity index (χ0v) is 16.1. The van der Waals surface area contributed by atoms with Crippen LogP contribution in [-0.4, -0.2) is 37.4 Å². The Morgan fingerprint density at radius 3 is 2.52 bits per heavy atom. The van der Waals surface area contributed by atoms with E-state index in [4.69, 9.17) is 5.14 Å². The maximum absolute atomic E-state index is 12.1. The van der Waals surface area contributed by atoms with Gasteiger partial charge in [-0.15, -0.1) is 0 Å². The van der Waals surface area contributed by atoms with Gasteiger partial charge < -0.3 is 10.6 Å². The number of nitrogens with two attached hydrogens (primary N) is 1. The first kappa shape index (κ1) is 20.8. The zero-order chi connectivity index (χ0) is 19.7. The smallest absolute Gasteiger partial charge is 0.270 e. The number of carbonyl (C=O) groups excluding carboxylic acids is 1. The van der Waals surface area contributed by atoms with Crippen LogP contribution in [0.5, 0.6) is 0 Å². The van der Waals surface area contributed by atoms with Crippen molar-refractivity contribution in [1.82, 2.24) is 15.3 Å². The number of hydrogen-bond acceptors (Lipinski definition) is 6. The molecule has 2 rings (SSSR count). The third kappa shape index (κ3) is 6.95. The van der Waals surface area contributed by atoms with Crippen LogP contribution in [0.1, 0.15) is 42.2 Å². The molecule has 0 aliphatic heterocycles. The molecule has 4 N–H and O–H groups in total. The van der Waals surface area contributed by atoms with Crippen molar-refractivity contribution in [3.8, 4) is 0 Å². The Morgan fingerprint density at radius 1 is 1.11 bits per heavy atom. The molecule has 0 saturated heterocycles. The van der Waals surface area contributed by atoms with E-state index in [0.29, 0.717) is 31.2 Å². The fourth-order valence-corrected chi connectivity index (χ4v) is 2.92. The minimum Gasteiger partial charge on any atom is -0.354 e. The molecule has 0 radical (unpaired) electrons. The Balaban J connectivity index is 1.85. The maximum atomic E-state index is 12.1. The van der Waals surface area contributed by atoms with Gasteiger partial charge in [-0.25, -0.2) is 23.5 Å². The van der Waals surface area contributed by atoms with E-state index in [1.807, 2.05) is 0 Å². The highest BCUT2D eigenvalue weighted by atomic mass is 32.2. The van der Waals surface area contributed by atoms with E-state index in [-0.39, 0.29) is 10.8 Å². The minimum absolute atomic E-state index is 0.0835. The minimum atomic E-state index is -3.68. The number of hydrogen-bond donors (Lipinski definition) is 3. The SMILES string of the molecule is CCCCCNC(=O)c1ccnc(NCCc2ccc(S(N)(=O)=O)cc2)n1. The van der Waals surface area contributed by atoms with Gasteiger partial charge in [0.1, 0.15) is 5.69 Å². The normalized spacial score (nSPS) is 11.2. The molecular weight excluding hydrogens is 366 g/mol. The van der Waals surface area contributed by atoms with E-state index in [1.165, 1.54) is 18.3 Å². The summed E-state index contributed by atoms with van der Waals surface area (Å²) in [7, 11) is -3.68. The summed E-state index contributed by atoms with van der Waals surface area (Å²) in [6.07, 6.45) is 5.30. The van der Waals surface area contributed by atoms with Gasteiger partial charge in [0, 0.05) is 19.3 Å². The van der Waals surface area contributed by atoms with Crippen LogP contribution in [0, 0.1) is 0 Å². The number of sulfonamides is 1. The topological polar surface area (TPSA) is 127 Å². The lowest BCUT2D eigenvalue weighted by Gasteiger charge is -2.08. The molecule has 27 heavy (non-hydrogen) atoms. The van der Waals surface area contributed by atoms with Crippen molar-refractivity contribution in [2.24, 2.45) is 5.14 Å².